The third kappa shape index (κ3) is 4.48. The van der Waals surface area contributed by atoms with Crippen LogP contribution in [0, 0.1) is 5.92 Å². The molecule has 2 N–H and O–H groups in total. The molecule has 2 unspecified atom stereocenters. The van der Waals surface area contributed by atoms with Crippen LogP contribution in [-0.4, -0.2) is 43.2 Å². The summed E-state index contributed by atoms with van der Waals surface area (Å²) < 4.78 is 16.6. The highest BCUT2D eigenvalue weighted by Crippen LogP contribution is 2.35. The number of amides is 1. The van der Waals surface area contributed by atoms with Crippen LogP contribution >= 0.6 is 24.8 Å². The van der Waals surface area contributed by atoms with Gasteiger partial charge in [0.05, 0.1) is 0 Å². The molecule has 0 spiro atoms. The van der Waals surface area contributed by atoms with Crippen LogP contribution in [0.3, 0.4) is 0 Å². The van der Waals surface area contributed by atoms with Gasteiger partial charge in [-0.3, -0.25) is 4.79 Å². The molecule has 1 aromatic carbocycles. The number of rotatable bonds is 3. The molecule has 2 atom stereocenters. The molecule has 2 aliphatic rings. The minimum atomic E-state index is -0.211. The lowest BCUT2D eigenvalue weighted by Gasteiger charge is -2.30. The van der Waals surface area contributed by atoms with E-state index in [2.05, 4.69) is 22.5 Å². The second-order valence-electron chi connectivity index (χ2n) is 6.44. The van der Waals surface area contributed by atoms with Crippen LogP contribution in [-0.2, 0) is 0 Å². The molecule has 148 valence electrons. The van der Waals surface area contributed by atoms with Gasteiger partial charge in [0.1, 0.15) is 13.2 Å². The Bertz CT molecular complexity index is 784. The normalized spacial score (nSPS) is 20.8. The van der Waals surface area contributed by atoms with Gasteiger partial charge < -0.3 is 24.5 Å². The highest BCUT2D eigenvalue weighted by molar-refractivity contribution is 5.97. The molecule has 2 aromatic rings. The quantitative estimate of drug-likeness (QED) is 0.801. The van der Waals surface area contributed by atoms with Crippen LogP contribution in [0.15, 0.2) is 29.0 Å². The highest BCUT2D eigenvalue weighted by atomic mass is 35.5. The van der Waals surface area contributed by atoms with Gasteiger partial charge in [0.2, 0.25) is 0 Å². The van der Waals surface area contributed by atoms with E-state index in [0.717, 1.165) is 25.1 Å². The number of aromatic nitrogens is 1. The maximum atomic E-state index is 12.7. The summed E-state index contributed by atoms with van der Waals surface area (Å²) in [7, 11) is 0. The molecule has 4 rings (SSSR count). The maximum absolute atomic E-state index is 12.7. The summed E-state index contributed by atoms with van der Waals surface area (Å²) in [6.45, 7) is 4.98. The van der Waals surface area contributed by atoms with E-state index >= 15 is 0 Å². The molecular weight excluding hydrogens is 393 g/mol. The molecule has 0 radical (unpaired) electrons. The first-order valence-electron chi connectivity index (χ1n) is 8.57. The zero-order valence-electron chi connectivity index (χ0n) is 14.9. The van der Waals surface area contributed by atoms with E-state index in [0.29, 0.717) is 42.1 Å². The van der Waals surface area contributed by atoms with Gasteiger partial charge in [-0.25, -0.2) is 4.98 Å². The molecule has 1 saturated heterocycles. The van der Waals surface area contributed by atoms with Crippen molar-refractivity contribution in [2.75, 3.05) is 26.3 Å². The van der Waals surface area contributed by atoms with Crippen molar-refractivity contribution in [2.24, 2.45) is 5.92 Å². The summed E-state index contributed by atoms with van der Waals surface area (Å²) in [5, 5.41) is 6.41. The Morgan fingerprint density at radius 3 is 2.78 bits per heavy atom. The van der Waals surface area contributed by atoms with Crippen molar-refractivity contribution >= 4 is 30.7 Å². The van der Waals surface area contributed by atoms with Gasteiger partial charge in [0.25, 0.3) is 5.91 Å². The van der Waals surface area contributed by atoms with Crippen LogP contribution in [0.2, 0.25) is 0 Å². The van der Waals surface area contributed by atoms with Crippen molar-refractivity contribution in [3.05, 3.63) is 30.3 Å². The predicted molar refractivity (Wildman–Crippen MR) is 105 cm³/mol. The van der Waals surface area contributed by atoms with Gasteiger partial charge >= 0.3 is 0 Å². The van der Waals surface area contributed by atoms with Gasteiger partial charge in [0.15, 0.2) is 29.3 Å². The Morgan fingerprint density at radius 2 is 2.00 bits per heavy atom. The van der Waals surface area contributed by atoms with Crippen molar-refractivity contribution in [1.82, 2.24) is 15.6 Å². The van der Waals surface area contributed by atoms with E-state index in [4.69, 9.17) is 13.9 Å². The molecule has 0 bridgehead atoms. The molecule has 7 nitrogen and oxygen atoms in total. The monoisotopic (exact) mass is 415 g/mol. The topological polar surface area (TPSA) is 85.6 Å². The first kappa shape index (κ1) is 21.3. The maximum Gasteiger partial charge on any atom is 0.274 e. The molecule has 1 aromatic heterocycles. The summed E-state index contributed by atoms with van der Waals surface area (Å²) in [4.78, 5) is 16.8. The molecule has 3 heterocycles. The van der Waals surface area contributed by atoms with Crippen LogP contribution < -0.4 is 20.1 Å². The fraction of sp³-hybridized carbons (Fsp3) is 0.444. The van der Waals surface area contributed by atoms with Crippen molar-refractivity contribution < 1.29 is 18.7 Å². The van der Waals surface area contributed by atoms with E-state index < -0.39 is 0 Å². The number of nitrogens with zero attached hydrogens (tertiary/aromatic N) is 1. The number of oxazole rings is 1. The molecule has 1 fully saturated rings. The van der Waals surface area contributed by atoms with E-state index in [1.54, 1.807) is 0 Å². The summed E-state index contributed by atoms with van der Waals surface area (Å²) in [5.74, 6) is 1.96. The second kappa shape index (κ2) is 9.30. The molecule has 2 aliphatic heterocycles. The van der Waals surface area contributed by atoms with Crippen LogP contribution in [0.1, 0.15) is 23.8 Å². The molecule has 1 amide bonds. The van der Waals surface area contributed by atoms with Crippen molar-refractivity contribution in [3.8, 4) is 22.8 Å². The van der Waals surface area contributed by atoms with Crippen molar-refractivity contribution in [1.29, 1.82) is 0 Å². The van der Waals surface area contributed by atoms with E-state index in [-0.39, 0.29) is 36.8 Å². The average Bonchev–Trinajstić information content (AvgIpc) is 3.13. The standard InChI is InChI=1S/C18H21N3O4.2ClH/c1-11-9-19-5-4-13(11)21-18(22)16-17(25-10-20-16)12-2-3-14-15(8-12)24-7-6-23-14;;/h2-3,8,10-11,13,19H,4-7,9H2,1H3,(H,21,22);2*1H. The third-order valence-electron chi connectivity index (χ3n) is 4.69. The van der Waals surface area contributed by atoms with Gasteiger partial charge in [-0.15, -0.1) is 24.8 Å². The second-order valence-corrected chi connectivity index (χ2v) is 6.44. The highest BCUT2D eigenvalue weighted by Gasteiger charge is 2.26. The number of nitrogens with one attached hydrogen (secondary N) is 2. The smallest absolute Gasteiger partial charge is 0.274 e. The lowest BCUT2D eigenvalue weighted by molar-refractivity contribution is 0.0910. The van der Waals surface area contributed by atoms with Crippen LogP contribution in [0.5, 0.6) is 11.5 Å². The minimum absolute atomic E-state index is 0. The SMILES string of the molecule is CC1CNCCC1NC(=O)c1ncoc1-c1ccc2c(c1)OCCO2.Cl.Cl. The number of fused-ring (bicyclic) bond motifs is 1. The molecular formula is C18H23Cl2N3O4. The zero-order valence-corrected chi connectivity index (χ0v) is 16.5. The van der Waals surface area contributed by atoms with Crippen molar-refractivity contribution in [3.63, 3.8) is 0 Å². The molecule has 27 heavy (non-hydrogen) atoms. The Balaban J connectivity index is 0.00000131. The summed E-state index contributed by atoms with van der Waals surface area (Å²) in [5.41, 5.74) is 1.03. The summed E-state index contributed by atoms with van der Waals surface area (Å²) in [6, 6.07) is 5.62. The number of carbonyl (C=O) groups is 1. The predicted octanol–water partition coefficient (Wildman–Crippen LogP) is 2.68. The van der Waals surface area contributed by atoms with Gasteiger partial charge in [-0.1, -0.05) is 6.92 Å². The minimum Gasteiger partial charge on any atom is -0.486 e. The zero-order chi connectivity index (χ0) is 17.2. The Hall–Kier alpha value is -1.96. The fourth-order valence-electron chi connectivity index (χ4n) is 3.26. The number of halogens is 2. The largest absolute Gasteiger partial charge is 0.486 e. The van der Waals surface area contributed by atoms with Gasteiger partial charge in [0, 0.05) is 11.6 Å². The van der Waals surface area contributed by atoms with Crippen LogP contribution in [0.25, 0.3) is 11.3 Å². The van der Waals surface area contributed by atoms with E-state index in [1.165, 1.54) is 6.39 Å². The van der Waals surface area contributed by atoms with Crippen LogP contribution in [0.4, 0.5) is 0 Å². The molecule has 9 heteroatoms. The number of ether oxygens (including phenoxy) is 2. The van der Waals surface area contributed by atoms with Gasteiger partial charge in [-0.05, 0) is 43.6 Å². The number of carbonyl (C=O) groups excluding carboxylic acids is 1. The lowest BCUT2D eigenvalue weighted by atomic mass is 9.95. The number of hydrogen-bond acceptors (Lipinski definition) is 6. The Labute approximate surface area is 170 Å². The van der Waals surface area contributed by atoms with E-state index in [1.807, 2.05) is 18.2 Å². The van der Waals surface area contributed by atoms with E-state index in [9.17, 15) is 4.79 Å². The van der Waals surface area contributed by atoms with Crippen molar-refractivity contribution in [2.45, 2.75) is 19.4 Å². The Morgan fingerprint density at radius 1 is 1.22 bits per heavy atom. The summed E-state index contributed by atoms with van der Waals surface area (Å²) >= 11 is 0. The summed E-state index contributed by atoms with van der Waals surface area (Å²) in [6.07, 6.45) is 2.21. The average molecular weight is 416 g/mol. The first-order valence-corrected chi connectivity index (χ1v) is 8.57. The Kier molecular flexibility index (Phi) is 7.35. The number of piperidine rings is 1. The fourth-order valence-corrected chi connectivity index (χ4v) is 3.26. The lowest BCUT2D eigenvalue weighted by Crippen LogP contribution is -2.48. The number of benzene rings is 1. The number of hydrogen-bond donors (Lipinski definition) is 2. The third-order valence-corrected chi connectivity index (χ3v) is 4.69. The first-order chi connectivity index (χ1) is 12.2. The molecule has 0 aliphatic carbocycles. The van der Waals surface area contributed by atoms with Gasteiger partial charge in [-0.2, -0.15) is 0 Å². The molecule has 0 saturated carbocycles.